The first-order valence-corrected chi connectivity index (χ1v) is 10.1. The summed E-state index contributed by atoms with van der Waals surface area (Å²) in [6, 6.07) is 24.7. The van der Waals surface area contributed by atoms with Gasteiger partial charge in [-0.3, -0.25) is 9.78 Å². The van der Waals surface area contributed by atoms with Crippen LogP contribution in [0.4, 0.5) is 0 Å². The van der Waals surface area contributed by atoms with Gasteiger partial charge in [-0.2, -0.15) is 0 Å². The van der Waals surface area contributed by atoms with Crippen LogP contribution in [0.3, 0.4) is 0 Å². The molecule has 0 saturated carbocycles. The fourth-order valence-electron chi connectivity index (χ4n) is 3.42. The maximum Gasteiger partial charge on any atom is 0.339 e. The van der Waals surface area contributed by atoms with E-state index < -0.39 is 5.97 Å². The van der Waals surface area contributed by atoms with Gasteiger partial charge in [-0.1, -0.05) is 60.7 Å². The largest absolute Gasteiger partial charge is 0.462 e. The van der Waals surface area contributed by atoms with Gasteiger partial charge in [-0.05, 0) is 36.2 Å². The van der Waals surface area contributed by atoms with Crippen LogP contribution in [0.25, 0.3) is 11.1 Å². The van der Waals surface area contributed by atoms with Crippen molar-refractivity contribution < 1.29 is 14.3 Å². The Morgan fingerprint density at radius 2 is 1.58 bits per heavy atom. The molecule has 4 rings (SSSR count). The number of carbonyl (C=O) groups is 2. The quantitative estimate of drug-likeness (QED) is 0.318. The minimum atomic E-state index is -0.448. The van der Waals surface area contributed by atoms with Crippen LogP contribution < -0.4 is 0 Å². The molecule has 0 N–H and O–H groups in total. The third kappa shape index (κ3) is 4.61. The van der Waals surface area contributed by atoms with Crippen molar-refractivity contribution in [2.45, 2.75) is 13.5 Å². The first-order chi connectivity index (χ1) is 15.2. The van der Waals surface area contributed by atoms with Crippen molar-refractivity contribution in [3.8, 4) is 11.1 Å². The van der Waals surface area contributed by atoms with Crippen molar-refractivity contribution >= 4 is 11.8 Å². The highest BCUT2D eigenvalue weighted by atomic mass is 16.5. The van der Waals surface area contributed by atoms with Gasteiger partial charge in [0.2, 0.25) is 5.78 Å². The Morgan fingerprint density at radius 3 is 2.26 bits per heavy atom. The summed E-state index contributed by atoms with van der Waals surface area (Å²) in [6.07, 6.45) is 3.35. The lowest BCUT2D eigenvalue weighted by Gasteiger charge is -2.09. The monoisotopic (exact) mass is 410 g/mol. The highest BCUT2D eigenvalue weighted by Crippen LogP contribution is 2.22. The van der Waals surface area contributed by atoms with Crippen LogP contribution in [-0.4, -0.2) is 27.9 Å². The van der Waals surface area contributed by atoms with Crippen LogP contribution in [0.5, 0.6) is 0 Å². The smallest absolute Gasteiger partial charge is 0.339 e. The Kier molecular flexibility index (Phi) is 6.03. The molecule has 0 spiro atoms. The zero-order valence-electron chi connectivity index (χ0n) is 17.2. The van der Waals surface area contributed by atoms with Gasteiger partial charge in [-0.25, -0.2) is 4.79 Å². The molecule has 0 atom stereocenters. The molecular formula is C26H22N2O3. The summed E-state index contributed by atoms with van der Waals surface area (Å²) in [5, 5.41) is 0. The second-order valence-corrected chi connectivity index (χ2v) is 7.06. The third-order valence-electron chi connectivity index (χ3n) is 4.95. The fourth-order valence-corrected chi connectivity index (χ4v) is 3.42. The fraction of sp³-hybridized carbons (Fsp3) is 0.115. The number of pyridine rings is 1. The zero-order chi connectivity index (χ0) is 21.6. The van der Waals surface area contributed by atoms with E-state index in [1.54, 1.807) is 30.0 Å². The number of aromatic nitrogens is 2. The minimum absolute atomic E-state index is 0.161. The van der Waals surface area contributed by atoms with Gasteiger partial charge in [-0.15, -0.1) is 0 Å². The van der Waals surface area contributed by atoms with E-state index in [1.807, 2.05) is 72.8 Å². The second kappa shape index (κ2) is 9.22. The van der Waals surface area contributed by atoms with E-state index in [4.69, 9.17) is 4.74 Å². The Labute approximate surface area is 181 Å². The van der Waals surface area contributed by atoms with Crippen molar-refractivity contribution in [3.63, 3.8) is 0 Å². The number of rotatable bonds is 7. The van der Waals surface area contributed by atoms with Crippen molar-refractivity contribution in [2.75, 3.05) is 6.61 Å². The Balaban J connectivity index is 1.66. The molecule has 0 amide bonds. The lowest BCUT2D eigenvalue weighted by atomic mass is 10.0. The number of benzene rings is 2. The van der Waals surface area contributed by atoms with E-state index in [0.717, 1.165) is 16.8 Å². The summed E-state index contributed by atoms with van der Waals surface area (Å²) in [6.45, 7) is 2.40. The van der Waals surface area contributed by atoms with E-state index in [-0.39, 0.29) is 12.4 Å². The van der Waals surface area contributed by atoms with Gasteiger partial charge < -0.3 is 9.30 Å². The normalized spacial score (nSPS) is 10.6. The van der Waals surface area contributed by atoms with Gasteiger partial charge in [0.1, 0.15) is 0 Å². The van der Waals surface area contributed by atoms with E-state index in [1.165, 1.54) is 0 Å². The van der Waals surface area contributed by atoms with Crippen LogP contribution >= 0.6 is 0 Å². The molecule has 2 heterocycles. The topological polar surface area (TPSA) is 61.2 Å². The maximum atomic E-state index is 13.3. The molecule has 4 aromatic rings. The first-order valence-electron chi connectivity index (χ1n) is 10.1. The Bertz CT molecular complexity index is 1180. The molecule has 2 aromatic carbocycles. The van der Waals surface area contributed by atoms with Crippen LogP contribution in [0, 0.1) is 0 Å². The van der Waals surface area contributed by atoms with Crippen molar-refractivity contribution in [1.82, 2.24) is 9.55 Å². The van der Waals surface area contributed by atoms with Crippen LogP contribution in [0.15, 0.2) is 91.3 Å². The van der Waals surface area contributed by atoms with E-state index in [0.29, 0.717) is 23.4 Å². The number of hydrogen-bond donors (Lipinski definition) is 0. The van der Waals surface area contributed by atoms with Gasteiger partial charge in [0, 0.05) is 18.0 Å². The molecule has 0 unspecified atom stereocenters. The molecule has 0 aliphatic carbocycles. The molecule has 5 nitrogen and oxygen atoms in total. The second-order valence-electron chi connectivity index (χ2n) is 7.06. The summed E-state index contributed by atoms with van der Waals surface area (Å²) in [4.78, 5) is 29.9. The molecule has 0 aliphatic heterocycles. The molecule has 0 radical (unpaired) electrons. The molecule has 5 heteroatoms. The van der Waals surface area contributed by atoms with Crippen LogP contribution in [-0.2, 0) is 11.3 Å². The Hall–Kier alpha value is -3.99. The average molecular weight is 410 g/mol. The van der Waals surface area contributed by atoms with Crippen molar-refractivity contribution in [3.05, 3.63) is 114 Å². The number of esters is 1. The molecule has 31 heavy (non-hydrogen) atoms. The van der Waals surface area contributed by atoms with Gasteiger partial charge >= 0.3 is 5.97 Å². The maximum absolute atomic E-state index is 13.3. The number of ether oxygens (including phenoxy) is 1. The molecule has 0 bridgehead atoms. The minimum Gasteiger partial charge on any atom is -0.462 e. The zero-order valence-corrected chi connectivity index (χ0v) is 17.2. The van der Waals surface area contributed by atoms with Crippen molar-refractivity contribution in [2.24, 2.45) is 0 Å². The summed E-state index contributed by atoms with van der Waals surface area (Å²) >= 11 is 0. The Morgan fingerprint density at radius 1 is 0.871 bits per heavy atom. The van der Waals surface area contributed by atoms with Crippen molar-refractivity contribution in [1.29, 1.82) is 0 Å². The summed E-state index contributed by atoms with van der Waals surface area (Å²) in [7, 11) is 0. The molecule has 0 saturated heterocycles. The number of hydrogen-bond acceptors (Lipinski definition) is 4. The van der Waals surface area contributed by atoms with E-state index >= 15 is 0 Å². The standard InChI is InChI=1S/C26H22N2O3/c1-2-31-26(30)22-16-24(28(17-22)18-23-10-6-7-15-27-23)25(29)21-13-11-20(12-14-21)19-8-4-3-5-9-19/h3-17H,2,18H2,1H3. The van der Waals surface area contributed by atoms with Gasteiger partial charge in [0.25, 0.3) is 0 Å². The summed E-state index contributed by atoms with van der Waals surface area (Å²) in [5.74, 6) is -0.609. The SMILES string of the molecule is CCOC(=O)c1cc(C(=O)c2ccc(-c3ccccc3)cc2)n(Cc2ccccn2)c1. The summed E-state index contributed by atoms with van der Waals surface area (Å²) < 4.78 is 6.87. The molecular weight excluding hydrogens is 388 g/mol. The van der Waals surface area contributed by atoms with Crippen LogP contribution in [0.1, 0.15) is 39.0 Å². The lowest BCUT2D eigenvalue weighted by Crippen LogP contribution is -2.11. The number of nitrogens with zero attached hydrogens (tertiary/aromatic N) is 2. The number of carbonyl (C=O) groups excluding carboxylic acids is 2. The van der Waals surface area contributed by atoms with Gasteiger partial charge in [0.15, 0.2) is 0 Å². The lowest BCUT2D eigenvalue weighted by molar-refractivity contribution is 0.0526. The average Bonchev–Trinajstić information content (AvgIpc) is 3.24. The predicted molar refractivity (Wildman–Crippen MR) is 119 cm³/mol. The summed E-state index contributed by atoms with van der Waals surface area (Å²) in [5.41, 5.74) is 4.23. The van der Waals surface area contributed by atoms with E-state index in [2.05, 4.69) is 4.98 Å². The predicted octanol–water partition coefficient (Wildman–Crippen LogP) is 5.01. The number of ketones is 1. The van der Waals surface area contributed by atoms with E-state index in [9.17, 15) is 9.59 Å². The molecule has 154 valence electrons. The molecule has 0 fully saturated rings. The highest BCUT2D eigenvalue weighted by Gasteiger charge is 2.20. The highest BCUT2D eigenvalue weighted by molar-refractivity contribution is 6.09. The third-order valence-corrected chi connectivity index (χ3v) is 4.95. The molecule has 0 aliphatic rings. The first kappa shape index (κ1) is 20.3. The van der Waals surface area contributed by atoms with Crippen LogP contribution in [0.2, 0.25) is 0 Å². The van der Waals surface area contributed by atoms with Gasteiger partial charge in [0.05, 0.1) is 30.1 Å². The molecule has 2 aromatic heterocycles.